The highest BCUT2D eigenvalue weighted by atomic mass is 16.7. The summed E-state index contributed by atoms with van der Waals surface area (Å²) < 4.78 is 23.8. The Morgan fingerprint density at radius 3 is 1.87 bits per heavy atom. The number of nitrogens with two attached hydrogens (primary N) is 2. The number of fused-ring (bicyclic) bond motifs is 2. The van der Waals surface area contributed by atoms with Crippen LogP contribution in [0.1, 0.15) is 115 Å². The first-order valence-electron chi connectivity index (χ1n) is 27.0. The number of cyclic esters (lactones) is 1. The number of benzene rings is 1. The molecule has 20 nitrogen and oxygen atoms in total. The number of carboxylic acid groups (broad SMARTS) is 1. The van der Waals surface area contributed by atoms with Crippen molar-refractivity contribution in [3.63, 3.8) is 0 Å². The van der Waals surface area contributed by atoms with Gasteiger partial charge in [-0.25, -0.2) is 0 Å². The largest absolute Gasteiger partial charge is 0.481 e. The average Bonchev–Trinajstić information content (AvgIpc) is 3.37. The Morgan fingerprint density at radius 2 is 1.28 bits per heavy atom. The van der Waals surface area contributed by atoms with Crippen LogP contribution in [-0.2, 0) is 28.5 Å². The number of aliphatic carboxylic acids is 1. The minimum atomic E-state index is -2.29. The molecule has 2 saturated heterocycles. The summed E-state index contributed by atoms with van der Waals surface area (Å²) in [5.41, 5.74) is 12.7. The Labute approximate surface area is 457 Å². The molecule has 3 aliphatic rings. The van der Waals surface area contributed by atoms with Crippen LogP contribution in [0.2, 0.25) is 0 Å². The predicted octanol–water partition coefficient (Wildman–Crippen LogP) is 3.11. The lowest BCUT2D eigenvalue weighted by molar-refractivity contribution is -0.308. The van der Waals surface area contributed by atoms with Crippen LogP contribution in [0.25, 0.3) is 0 Å². The van der Waals surface area contributed by atoms with E-state index in [0.717, 1.165) is 0 Å². The van der Waals surface area contributed by atoms with Gasteiger partial charge in [-0.3, -0.25) is 14.4 Å². The number of aliphatic hydroxyl groups is 10. The lowest BCUT2D eigenvalue weighted by Crippen LogP contribution is -2.61. The van der Waals surface area contributed by atoms with Gasteiger partial charge in [-0.2, -0.15) is 0 Å². The number of hydrogen-bond donors (Lipinski definition) is 13. The molecule has 2 fully saturated rings. The van der Waals surface area contributed by atoms with Crippen LogP contribution < -0.4 is 11.5 Å². The molecular formula is C58H86N2O18. The van der Waals surface area contributed by atoms with Gasteiger partial charge in [0.2, 0.25) is 0 Å². The molecule has 19 unspecified atom stereocenters. The molecule has 0 aliphatic carbocycles. The zero-order valence-electron chi connectivity index (χ0n) is 44.9. The van der Waals surface area contributed by atoms with Gasteiger partial charge in [0.1, 0.15) is 18.1 Å². The van der Waals surface area contributed by atoms with E-state index in [0.29, 0.717) is 17.7 Å². The van der Waals surface area contributed by atoms with Crippen molar-refractivity contribution >= 4 is 23.4 Å². The van der Waals surface area contributed by atoms with Crippen LogP contribution in [0.4, 0.5) is 5.69 Å². The molecule has 3 aliphatic heterocycles. The molecule has 20 heteroatoms. The first-order valence-corrected chi connectivity index (χ1v) is 27.0. The third kappa shape index (κ3) is 22.8. The lowest BCUT2D eigenvalue weighted by Gasteiger charge is -2.45. The van der Waals surface area contributed by atoms with E-state index < -0.39 is 135 Å². The van der Waals surface area contributed by atoms with E-state index in [1.807, 2.05) is 19.9 Å². The van der Waals surface area contributed by atoms with Crippen LogP contribution in [0.3, 0.4) is 0 Å². The molecular weight excluding hydrogens is 1010 g/mol. The van der Waals surface area contributed by atoms with Crippen LogP contribution >= 0.6 is 0 Å². The summed E-state index contributed by atoms with van der Waals surface area (Å²) >= 11 is 0. The molecule has 19 atom stereocenters. The fourth-order valence-electron chi connectivity index (χ4n) is 9.95. The second kappa shape index (κ2) is 33.1. The lowest BCUT2D eigenvalue weighted by atomic mass is 9.82. The third-order valence-electron chi connectivity index (χ3n) is 14.3. The van der Waals surface area contributed by atoms with Crippen molar-refractivity contribution in [2.75, 3.05) is 5.73 Å². The number of esters is 1. The third-order valence-corrected chi connectivity index (χ3v) is 14.3. The number of rotatable bonds is 10. The molecule has 2 bridgehead atoms. The van der Waals surface area contributed by atoms with Crippen LogP contribution in [0.5, 0.6) is 0 Å². The number of hydrogen-bond acceptors (Lipinski definition) is 19. The highest BCUT2D eigenvalue weighted by Gasteiger charge is 2.51. The van der Waals surface area contributed by atoms with Gasteiger partial charge in [0.05, 0.1) is 79.6 Å². The summed E-state index contributed by atoms with van der Waals surface area (Å²) in [6.45, 7) is 5.29. The van der Waals surface area contributed by atoms with Crippen LogP contribution in [-0.4, -0.2) is 171 Å². The fourth-order valence-corrected chi connectivity index (χ4v) is 9.95. The van der Waals surface area contributed by atoms with E-state index >= 15 is 0 Å². The SMILES string of the molecule is CC1/C=C/C=C\C=C/C=C/C=C/C=C/C=C\C(OC2OC(C)C(O)C(N)C2O)CC2OC(O)(CC(O)CC(O)CC(O)CCCC(O)CC(O)CC(=O)OC1C(C)CCC(O)CC(=O)c1ccc(N)cc1)CC(O)C2C(=O)O. The van der Waals surface area contributed by atoms with Gasteiger partial charge in [0.15, 0.2) is 17.9 Å². The molecule has 4 rings (SSSR count). The molecule has 0 amide bonds. The Bertz CT molecular complexity index is 2200. The number of ether oxygens (including phenoxy) is 4. The molecule has 1 aromatic carbocycles. The molecule has 436 valence electrons. The van der Waals surface area contributed by atoms with Gasteiger partial charge in [0, 0.05) is 42.9 Å². The zero-order chi connectivity index (χ0) is 57.5. The normalized spacial score (nSPS) is 38.7. The smallest absolute Gasteiger partial charge is 0.311 e. The van der Waals surface area contributed by atoms with E-state index in [-0.39, 0.29) is 75.4 Å². The molecule has 0 radical (unpaired) electrons. The maximum atomic E-state index is 13.3. The van der Waals surface area contributed by atoms with Crippen molar-refractivity contribution in [2.45, 2.75) is 202 Å². The van der Waals surface area contributed by atoms with Gasteiger partial charge in [-0.1, -0.05) is 98.9 Å². The molecule has 0 spiro atoms. The van der Waals surface area contributed by atoms with Crippen molar-refractivity contribution in [1.82, 2.24) is 0 Å². The number of ketones is 1. The Kier molecular flexibility index (Phi) is 27.9. The minimum Gasteiger partial charge on any atom is -0.481 e. The molecule has 78 heavy (non-hydrogen) atoms. The number of carbonyl (C=O) groups is 3. The van der Waals surface area contributed by atoms with Crippen molar-refractivity contribution < 1.29 is 89.5 Å². The standard InChI is InChI=1S/C58H86N2O18/c1-35-17-14-12-10-8-6-4-5-7-9-11-13-15-20-46(76-57-54(71)52(60)53(70)37(3)75-57)32-49-51(56(72)73)48(68)34-58(74,78-49)33-45(66)29-43(64)27-40(61)18-16-19-41(62)28-44(65)31-50(69)77-55(35)36(2)21-26-42(63)30-47(67)38-22-24-39(59)25-23-38/h4-15,17,20,22-25,35-37,40-46,48-49,51-55,57,61-66,68,70-71,74H,16,18-19,21,26-34,59-60H2,1-3H3,(H,72,73)/b5-4+,8-6-,9-7+,12-10-,13-11+,17-14+,20-15-. The van der Waals surface area contributed by atoms with E-state index in [2.05, 4.69) is 0 Å². The van der Waals surface area contributed by atoms with Crippen LogP contribution in [0, 0.1) is 17.8 Å². The highest BCUT2D eigenvalue weighted by Crippen LogP contribution is 2.38. The van der Waals surface area contributed by atoms with Crippen molar-refractivity contribution in [2.24, 2.45) is 23.5 Å². The summed E-state index contributed by atoms with van der Waals surface area (Å²) in [7, 11) is 0. The topological polar surface area (TPSA) is 363 Å². The van der Waals surface area contributed by atoms with E-state index in [1.165, 1.54) is 13.0 Å². The molecule has 15 N–H and O–H groups in total. The van der Waals surface area contributed by atoms with Gasteiger partial charge in [0.25, 0.3) is 0 Å². The number of anilines is 1. The summed E-state index contributed by atoms with van der Waals surface area (Å²) in [6, 6.07) is 5.30. The predicted molar refractivity (Wildman–Crippen MR) is 290 cm³/mol. The highest BCUT2D eigenvalue weighted by molar-refractivity contribution is 5.96. The van der Waals surface area contributed by atoms with Crippen molar-refractivity contribution in [1.29, 1.82) is 0 Å². The summed E-state index contributed by atoms with van der Waals surface area (Å²) in [5.74, 6) is -6.83. The fraction of sp³-hybridized carbons (Fsp3) is 0.603. The minimum absolute atomic E-state index is 0.101. The van der Waals surface area contributed by atoms with E-state index in [9.17, 15) is 70.6 Å². The Morgan fingerprint density at radius 1 is 0.731 bits per heavy atom. The number of allylic oxidation sites excluding steroid dienone is 12. The maximum absolute atomic E-state index is 13.3. The molecule has 0 saturated carbocycles. The van der Waals surface area contributed by atoms with Crippen molar-refractivity contribution in [3.8, 4) is 0 Å². The van der Waals surface area contributed by atoms with E-state index in [1.54, 1.807) is 97.2 Å². The maximum Gasteiger partial charge on any atom is 0.311 e. The number of carbonyl (C=O) groups excluding carboxylic acids is 2. The molecule has 0 aromatic heterocycles. The monoisotopic (exact) mass is 1100 g/mol. The zero-order valence-corrected chi connectivity index (χ0v) is 44.9. The summed E-state index contributed by atoms with van der Waals surface area (Å²) in [5, 5.41) is 119. The number of Topliss-reactive ketones (excluding diaryl/α,β-unsaturated/α-hetero) is 1. The Balaban J connectivity index is 1.52. The van der Waals surface area contributed by atoms with Crippen molar-refractivity contribution in [3.05, 3.63) is 115 Å². The Hall–Kier alpha value is -4.75. The summed E-state index contributed by atoms with van der Waals surface area (Å²) in [4.78, 5) is 38.6. The quantitative estimate of drug-likeness (QED) is 0.0909. The second-order valence-electron chi connectivity index (χ2n) is 21.2. The first kappa shape index (κ1) is 65.8. The van der Waals surface area contributed by atoms with Gasteiger partial charge in [-0.15, -0.1) is 0 Å². The number of aliphatic hydroxyl groups excluding tert-OH is 9. The van der Waals surface area contributed by atoms with Gasteiger partial charge < -0.3 is 86.6 Å². The molecule has 3 heterocycles. The summed E-state index contributed by atoms with van der Waals surface area (Å²) in [6.07, 6.45) is 5.92. The first-order chi connectivity index (χ1) is 36.9. The second-order valence-corrected chi connectivity index (χ2v) is 21.2. The van der Waals surface area contributed by atoms with Gasteiger partial charge in [-0.05, 0) is 88.5 Å². The van der Waals surface area contributed by atoms with Crippen LogP contribution in [0.15, 0.2) is 109 Å². The number of nitrogen functional groups attached to an aromatic ring is 1. The average molecular weight is 1100 g/mol. The van der Waals surface area contributed by atoms with E-state index in [4.69, 9.17) is 30.4 Å². The van der Waals surface area contributed by atoms with Gasteiger partial charge >= 0.3 is 11.9 Å². The number of carboxylic acids is 1. The molecule has 1 aromatic rings.